The van der Waals surface area contributed by atoms with Crippen LogP contribution in [0, 0.1) is 5.92 Å². The molecule has 0 spiro atoms. The molecule has 0 aromatic heterocycles. The van der Waals surface area contributed by atoms with E-state index in [1.54, 1.807) is 14.0 Å². The molecule has 0 heterocycles. The zero-order valence-corrected chi connectivity index (χ0v) is 17.1. The molecule has 0 radical (unpaired) electrons. The Labute approximate surface area is 153 Å². The number of nitrogens with one attached hydrogen (secondary N) is 2. The molecule has 0 aromatic rings. The molecule has 132 valence electrons. The average molecular weight is 445 g/mol. The van der Waals surface area contributed by atoms with Crippen LogP contribution < -0.4 is 10.6 Å². The van der Waals surface area contributed by atoms with Crippen molar-refractivity contribution >= 4 is 39.8 Å². The first-order chi connectivity index (χ1) is 10.1. The molecule has 0 atom stereocenters. The van der Waals surface area contributed by atoms with Gasteiger partial charge >= 0.3 is 0 Å². The predicted molar refractivity (Wildman–Crippen MR) is 105 cm³/mol. The Kier molecular flexibility index (Phi) is 12.4. The van der Waals surface area contributed by atoms with Crippen LogP contribution in [0.15, 0.2) is 4.99 Å². The maximum Gasteiger partial charge on any atom is 0.191 e. The van der Waals surface area contributed by atoms with Crippen molar-refractivity contribution in [1.82, 2.24) is 10.6 Å². The first kappa shape index (κ1) is 21.9. The van der Waals surface area contributed by atoms with Crippen LogP contribution in [0.3, 0.4) is 0 Å². The third kappa shape index (κ3) is 9.86. The van der Waals surface area contributed by atoms with E-state index in [2.05, 4.69) is 15.6 Å². The molecule has 1 aliphatic rings. The van der Waals surface area contributed by atoms with E-state index >= 15 is 0 Å². The van der Waals surface area contributed by atoms with Gasteiger partial charge in [-0.25, -0.2) is 8.42 Å². The molecule has 7 heteroatoms. The van der Waals surface area contributed by atoms with Crippen molar-refractivity contribution in [3.05, 3.63) is 0 Å². The van der Waals surface area contributed by atoms with E-state index < -0.39 is 9.84 Å². The van der Waals surface area contributed by atoms with E-state index in [-0.39, 0.29) is 35.5 Å². The van der Waals surface area contributed by atoms with Crippen LogP contribution in [-0.4, -0.2) is 46.0 Å². The average Bonchev–Trinajstić information content (AvgIpc) is 2.98. The van der Waals surface area contributed by atoms with Crippen LogP contribution in [0.1, 0.15) is 51.9 Å². The van der Waals surface area contributed by atoms with Gasteiger partial charge in [0.15, 0.2) is 15.8 Å². The lowest BCUT2D eigenvalue weighted by Gasteiger charge is -2.12. The quantitative estimate of drug-likeness (QED) is 0.248. The summed E-state index contributed by atoms with van der Waals surface area (Å²) in [5, 5.41) is 6.29. The van der Waals surface area contributed by atoms with E-state index in [1.807, 2.05) is 0 Å². The van der Waals surface area contributed by atoms with Gasteiger partial charge in [0.2, 0.25) is 0 Å². The molecule has 0 aliphatic heterocycles. The van der Waals surface area contributed by atoms with Crippen molar-refractivity contribution in [2.24, 2.45) is 10.9 Å². The normalized spacial score (nSPS) is 16.4. The maximum atomic E-state index is 11.4. The topological polar surface area (TPSA) is 70.6 Å². The summed E-state index contributed by atoms with van der Waals surface area (Å²) in [4.78, 5) is 4.11. The number of rotatable bonds is 9. The molecule has 0 amide bonds. The summed E-state index contributed by atoms with van der Waals surface area (Å²) in [5.74, 6) is 2.01. The van der Waals surface area contributed by atoms with Crippen LogP contribution in [0.4, 0.5) is 0 Å². The first-order valence-electron chi connectivity index (χ1n) is 8.22. The van der Waals surface area contributed by atoms with Crippen molar-refractivity contribution in [3.8, 4) is 0 Å². The highest BCUT2D eigenvalue weighted by molar-refractivity contribution is 14.0. The highest BCUT2D eigenvalue weighted by atomic mass is 127. The summed E-state index contributed by atoms with van der Waals surface area (Å²) in [7, 11) is -1.20. The maximum absolute atomic E-state index is 11.4. The lowest BCUT2D eigenvalue weighted by atomic mass is 10.0. The van der Waals surface area contributed by atoms with Gasteiger partial charge in [-0.15, -0.1) is 24.0 Å². The molecule has 5 nitrogen and oxygen atoms in total. The zero-order chi connectivity index (χ0) is 15.6. The number of unbranched alkanes of at least 4 members (excludes halogenated alkanes) is 1. The monoisotopic (exact) mass is 445 g/mol. The van der Waals surface area contributed by atoms with Gasteiger partial charge in [0.05, 0.1) is 5.75 Å². The van der Waals surface area contributed by atoms with E-state index in [9.17, 15) is 8.42 Å². The van der Waals surface area contributed by atoms with Crippen molar-refractivity contribution in [1.29, 1.82) is 0 Å². The number of nitrogens with zero attached hydrogens (tertiary/aromatic N) is 1. The number of guanidine groups is 1. The van der Waals surface area contributed by atoms with E-state index in [1.165, 1.54) is 38.5 Å². The number of hydrogen-bond donors (Lipinski definition) is 2. The summed E-state index contributed by atoms with van der Waals surface area (Å²) in [6, 6.07) is 0. The molecule has 0 unspecified atom stereocenters. The molecule has 0 aromatic carbocycles. The van der Waals surface area contributed by atoms with Crippen molar-refractivity contribution in [2.45, 2.75) is 51.9 Å². The fourth-order valence-electron chi connectivity index (χ4n) is 2.75. The van der Waals surface area contributed by atoms with Crippen molar-refractivity contribution < 1.29 is 8.42 Å². The third-order valence-electron chi connectivity index (χ3n) is 4.18. The summed E-state index contributed by atoms with van der Waals surface area (Å²) < 4.78 is 22.8. The molecule has 0 bridgehead atoms. The van der Waals surface area contributed by atoms with Gasteiger partial charge in [-0.1, -0.05) is 45.4 Å². The fourth-order valence-corrected chi connectivity index (χ4v) is 3.46. The Morgan fingerprint density at radius 3 is 2.36 bits per heavy atom. The highest BCUT2D eigenvalue weighted by Gasteiger charge is 2.13. The summed E-state index contributed by atoms with van der Waals surface area (Å²) in [6.45, 7) is 2.98. The zero-order valence-electron chi connectivity index (χ0n) is 13.9. The van der Waals surface area contributed by atoms with E-state index in [4.69, 9.17) is 0 Å². The second-order valence-corrected chi connectivity index (χ2v) is 8.28. The number of aliphatic imine (C=N–C) groups is 1. The number of halogens is 1. The molecule has 0 saturated heterocycles. The number of hydrogen-bond acceptors (Lipinski definition) is 3. The largest absolute Gasteiger partial charge is 0.356 e. The minimum Gasteiger partial charge on any atom is -0.356 e. The van der Waals surface area contributed by atoms with Crippen LogP contribution in [0.25, 0.3) is 0 Å². The highest BCUT2D eigenvalue weighted by Crippen LogP contribution is 2.28. The Morgan fingerprint density at radius 1 is 1.14 bits per heavy atom. The standard InChI is InChI=1S/C15H31N3O2S.HI/c1-3-21(19,20)13-12-18-15(16-2)17-11-7-6-10-14-8-4-5-9-14;/h14H,3-13H2,1-2H3,(H2,16,17,18);1H. The van der Waals surface area contributed by atoms with Crippen LogP contribution in [-0.2, 0) is 9.84 Å². The van der Waals surface area contributed by atoms with Gasteiger partial charge in [-0.2, -0.15) is 0 Å². The Morgan fingerprint density at radius 2 is 1.77 bits per heavy atom. The Balaban J connectivity index is 0.00000441. The van der Waals surface area contributed by atoms with Crippen molar-refractivity contribution in [3.63, 3.8) is 0 Å². The van der Waals surface area contributed by atoms with Gasteiger partial charge in [-0.3, -0.25) is 4.99 Å². The summed E-state index contributed by atoms with van der Waals surface area (Å²) in [5.41, 5.74) is 0. The van der Waals surface area contributed by atoms with Gasteiger partial charge in [0, 0.05) is 25.9 Å². The molecule has 2 N–H and O–H groups in total. The molecule has 1 fully saturated rings. The SMILES string of the molecule is CCS(=O)(=O)CCNC(=NC)NCCCCC1CCCC1.I. The van der Waals surface area contributed by atoms with Gasteiger partial charge in [0.25, 0.3) is 0 Å². The smallest absolute Gasteiger partial charge is 0.191 e. The minimum atomic E-state index is -2.91. The van der Waals surface area contributed by atoms with Crippen LogP contribution in [0.2, 0.25) is 0 Å². The van der Waals surface area contributed by atoms with Gasteiger partial charge < -0.3 is 10.6 Å². The third-order valence-corrected chi connectivity index (χ3v) is 5.88. The molecular formula is C15H32IN3O2S. The number of sulfone groups is 1. The fraction of sp³-hybridized carbons (Fsp3) is 0.933. The van der Waals surface area contributed by atoms with E-state index in [0.29, 0.717) is 12.5 Å². The van der Waals surface area contributed by atoms with Gasteiger partial charge in [-0.05, 0) is 12.3 Å². The lowest BCUT2D eigenvalue weighted by molar-refractivity contribution is 0.472. The molecule has 1 rings (SSSR count). The molecular weight excluding hydrogens is 413 g/mol. The second kappa shape index (κ2) is 12.4. The van der Waals surface area contributed by atoms with E-state index in [0.717, 1.165) is 18.9 Å². The van der Waals surface area contributed by atoms with Crippen LogP contribution in [0.5, 0.6) is 0 Å². The Bertz CT molecular complexity index is 407. The van der Waals surface area contributed by atoms with Crippen molar-refractivity contribution in [2.75, 3.05) is 31.6 Å². The Hall–Kier alpha value is -0.0500. The van der Waals surface area contributed by atoms with Crippen LogP contribution >= 0.6 is 24.0 Å². The molecule has 22 heavy (non-hydrogen) atoms. The summed E-state index contributed by atoms with van der Waals surface area (Å²) >= 11 is 0. The second-order valence-electron chi connectivity index (χ2n) is 5.81. The predicted octanol–water partition coefficient (Wildman–Crippen LogP) is 2.56. The minimum absolute atomic E-state index is 0. The first-order valence-corrected chi connectivity index (χ1v) is 10.0. The summed E-state index contributed by atoms with van der Waals surface area (Å²) in [6.07, 6.45) is 9.43. The molecule has 1 saturated carbocycles. The lowest BCUT2D eigenvalue weighted by Crippen LogP contribution is -2.40. The molecule has 1 aliphatic carbocycles. The van der Waals surface area contributed by atoms with Gasteiger partial charge in [0.1, 0.15) is 0 Å².